The largest absolute Gasteiger partial charge is 0.423 e. The maximum atomic E-state index is 11.1. The van der Waals surface area contributed by atoms with E-state index in [4.69, 9.17) is 4.74 Å². The summed E-state index contributed by atoms with van der Waals surface area (Å²) >= 11 is 0. The number of hydrogen-bond donors (Lipinski definition) is 0. The van der Waals surface area contributed by atoms with Crippen LogP contribution in [0.25, 0.3) is 12.2 Å². The Labute approximate surface area is 131 Å². The molecule has 0 fully saturated rings. The highest BCUT2D eigenvalue weighted by molar-refractivity contribution is 5.83. The molecule has 2 heteroatoms. The summed E-state index contributed by atoms with van der Waals surface area (Å²) in [5.41, 5.74) is 3.59. The molecule has 2 nitrogen and oxygen atoms in total. The summed E-state index contributed by atoms with van der Waals surface area (Å²) in [6.07, 6.45) is 7.54. The average molecular weight is 292 g/mol. The zero-order valence-electron chi connectivity index (χ0n) is 12.8. The predicted octanol–water partition coefficient (Wildman–Crippen LogP) is 4.90. The molecule has 0 aliphatic rings. The number of esters is 1. The molecule has 2 aromatic carbocycles. The Bertz CT molecular complexity index is 649. The maximum absolute atomic E-state index is 11.1. The van der Waals surface area contributed by atoms with E-state index in [0.29, 0.717) is 5.75 Å². The van der Waals surface area contributed by atoms with Crippen LogP contribution in [-0.4, -0.2) is 5.97 Å². The third-order valence-electron chi connectivity index (χ3n) is 3.25. The number of benzene rings is 2. The van der Waals surface area contributed by atoms with Gasteiger partial charge in [-0.15, -0.1) is 0 Å². The lowest BCUT2D eigenvalue weighted by Gasteiger charge is -2.01. The molecule has 2 aromatic rings. The third-order valence-corrected chi connectivity index (χ3v) is 3.25. The van der Waals surface area contributed by atoms with Crippen molar-refractivity contribution in [1.29, 1.82) is 0 Å². The van der Waals surface area contributed by atoms with Gasteiger partial charge < -0.3 is 4.74 Å². The SMILES string of the molecule is C=CC(=O)Oc1ccc(C=Cc2ccc(CCC)cc2)cc1. The molecule has 0 aliphatic heterocycles. The molecule has 0 saturated carbocycles. The molecule has 0 unspecified atom stereocenters. The molecule has 0 saturated heterocycles. The molecule has 22 heavy (non-hydrogen) atoms. The van der Waals surface area contributed by atoms with E-state index >= 15 is 0 Å². The first kappa shape index (κ1) is 15.8. The molecule has 0 bridgehead atoms. The number of aryl methyl sites for hydroxylation is 1. The van der Waals surface area contributed by atoms with Gasteiger partial charge in [0, 0.05) is 6.08 Å². The minimum Gasteiger partial charge on any atom is -0.423 e. The number of carbonyl (C=O) groups is 1. The number of ether oxygens (including phenoxy) is 1. The number of hydrogen-bond acceptors (Lipinski definition) is 2. The Morgan fingerprint density at radius 2 is 1.55 bits per heavy atom. The first-order chi connectivity index (χ1) is 10.7. The normalized spacial score (nSPS) is 10.6. The van der Waals surface area contributed by atoms with Crippen molar-refractivity contribution in [2.45, 2.75) is 19.8 Å². The third kappa shape index (κ3) is 4.74. The summed E-state index contributed by atoms with van der Waals surface area (Å²) in [4.78, 5) is 11.1. The summed E-state index contributed by atoms with van der Waals surface area (Å²) < 4.78 is 5.04. The van der Waals surface area contributed by atoms with Gasteiger partial charge >= 0.3 is 5.97 Å². The van der Waals surface area contributed by atoms with Gasteiger partial charge in [0.2, 0.25) is 0 Å². The van der Waals surface area contributed by atoms with Crippen molar-refractivity contribution in [2.24, 2.45) is 0 Å². The Morgan fingerprint density at radius 1 is 1.00 bits per heavy atom. The van der Waals surface area contributed by atoms with Crippen LogP contribution in [0.1, 0.15) is 30.0 Å². The van der Waals surface area contributed by atoms with Gasteiger partial charge in [0.15, 0.2) is 0 Å². The summed E-state index contributed by atoms with van der Waals surface area (Å²) in [7, 11) is 0. The van der Waals surface area contributed by atoms with Crippen molar-refractivity contribution in [3.63, 3.8) is 0 Å². The van der Waals surface area contributed by atoms with E-state index in [1.165, 1.54) is 11.1 Å². The first-order valence-electron chi connectivity index (χ1n) is 7.42. The van der Waals surface area contributed by atoms with Gasteiger partial charge in [-0.25, -0.2) is 4.79 Å². The standard InChI is InChI=1S/C20H20O2/c1-3-5-16-6-8-17(9-7-16)10-11-18-12-14-19(15-13-18)22-20(21)4-2/h4,6-15H,2-3,5H2,1H3. The second-order valence-electron chi connectivity index (χ2n) is 5.02. The van der Waals surface area contributed by atoms with Gasteiger partial charge in [0.25, 0.3) is 0 Å². The topological polar surface area (TPSA) is 26.3 Å². The molecular weight excluding hydrogens is 272 g/mol. The van der Waals surface area contributed by atoms with Crippen molar-refractivity contribution in [3.05, 3.63) is 77.9 Å². The van der Waals surface area contributed by atoms with Crippen LogP contribution in [0.4, 0.5) is 0 Å². The fourth-order valence-electron chi connectivity index (χ4n) is 2.08. The Hall–Kier alpha value is -2.61. The summed E-state index contributed by atoms with van der Waals surface area (Å²) in [6.45, 7) is 5.55. The summed E-state index contributed by atoms with van der Waals surface area (Å²) in [5, 5.41) is 0. The molecule has 0 N–H and O–H groups in total. The van der Waals surface area contributed by atoms with E-state index in [2.05, 4.69) is 43.8 Å². The van der Waals surface area contributed by atoms with Crippen LogP contribution >= 0.6 is 0 Å². The van der Waals surface area contributed by atoms with E-state index in [1.54, 1.807) is 12.1 Å². The lowest BCUT2D eigenvalue weighted by molar-refractivity contribution is -0.128. The highest BCUT2D eigenvalue weighted by Crippen LogP contribution is 2.15. The summed E-state index contributed by atoms with van der Waals surface area (Å²) in [6, 6.07) is 15.9. The minimum atomic E-state index is -0.449. The number of rotatable bonds is 6. The molecule has 2 rings (SSSR count). The molecule has 0 heterocycles. The smallest absolute Gasteiger partial charge is 0.335 e. The lowest BCUT2D eigenvalue weighted by Crippen LogP contribution is -2.02. The fourth-order valence-corrected chi connectivity index (χ4v) is 2.08. The van der Waals surface area contributed by atoms with Gasteiger partial charge in [-0.3, -0.25) is 0 Å². The first-order valence-corrected chi connectivity index (χ1v) is 7.42. The predicted molar refractivity (Wildman–Crippen MR) is 91.6 cm³/mol. The second-order valence-corrected chi connectivity index (χ2v) is 5.02. The van der Waals surface area contributed by atoms with Gasteiger partial charge in [-0.05, 0) is 35.2 Å². The van der Waals surface area contributed by atoms with Crippen molar-refractivity contribution in [3.8, 4) is 5.75 Å². The summed E-state index contributed by atoms with van der Waals surface area (Å²) in [5.74, 6) is 0.0708. The van der Waals surface area contributed by atoms with Crippen LogP contribution in [0.15, 0.2) is 61.2 Å². The fraction of sp³-hybridized carbons (Fsp3) is 0.150. The number of carbonyl (C=O) groups excluding carboxylic acids is 1. The Balaban J connectivity index is 2.00. The zero-order valence-corrected chi connectivity index (χ0v) is 12.8. The van der Waals surface area contributed by atoms with Crippen molar-refractivity contribution in [2.75, 3.05) is 0 Å². The van der Waals surface area contributed by atoms with Crippen LogP contribution in [0.3, 0.4) is 0 Å². The van der Waals surface area contributed by atoms with Crippen molar-refractivity contribution in [1.82, 2.24) is 0 Å². The van der Waals surface area contributed by atoms with E-state index in [9.17, 15) is 4.79 Å². The highest BCUT2D eigenvalue weighted by atomic mass is 16.5. The minimum absolute atomic E-state index is 0.449. The highest BCUT2D eigenvalue weighted by Gasteiger charge is 1.98. The van der Waals surface area contributed by atoms with Gasteiger partial charge in [0.05, 0.1) is 0 Å². The molecule has 0 radical (unpaired) electrons. The van der Waals surface area contributed by atoms with Crippen LogP contribution < -0.4 is 4.74 Å². The quantitative estimate of drug-likeness (QED) is 0.327. The second kappa shape index (κ2) is 7.99. The van der Waals surface area contributed by atoms with Gasteiger partial charge in [-0.1, -0.05) is 68.5 Å². The Morgan fingerprint density at radius 3 is 2.05 bits per heavy atom. The lowest BCUT2D eigenvalue weighted by atomic mass is 10.1. The van der Waals surface area contributed by atoms with Crippen molar-refractivity contribution < 1.29 is 9.53 Å². The van der Waals surface area contributed by atoms with Crippen LogP contribution in [0.5, 0.6) is 5.75 Å². The molecule has 112 valence electrons. The van der Waals surface area contributed by atoms with E-state index in [0.717, 1.165) is 24.5 Å². The van der Waals surface area contributed by atoms with Crippen LogP contribution in [-0.2, 0) is 11.2 Å². The molecular formula is C20H20O2. The average Bonchev–Trinajstić information content (AvgIpc) is 2.56. The van der Waals surface area contributed by atoms with E-state index in [1.807, 2.05) is 18.2 Å². The monoisotopic (exact) mass is 292 g/mol. The molecule has 0 spiro atoms. The van der Waals surface area contributed by atoms with E-state index in [-0.39, 0.29) is 0 Å². The molecule has 0 aliphatic carbocycles. The maximum Gasteiger partial charge on any atom is 0.335 e. The van der Waals surface area contributed by atoms with Crippen LogP contribution in [0.2, 0.25) is 0 Å². The van der Waals surface area contributed by atoms with Gasteiger partial charge in [-0.2, -0.15) is 0 Å². The van der Waals surface area contributed by atoms with Gasteiger partial charge in [0.1, 0.15) is 5.75 Å². The molecule has 0 amide bonds. The zero-order chi connectivity index (χ0) is 15.8. The van der Waals surface area contributed by atoms with E-state index < -0.39 is 5.97 Å². The Kier molecular flexibility index (Phi) is 5.73. The van der Waals surface area contributed by atoms with Crippen molar-refractivity contribution >= 4 is 18.1 Å². The molecule has 0 atom stereocenters. The van der Waals surface area contributed by atoms with Crippen LogP contribution in [0, 0.1) is 0 Å². The molecule has 0 aromatic heterocycles.